The van der Waals surface area contributed by atoms with Crippen molar-refractivity contribution in [2.24, 2.45) is 0 Å². The lowest BCUT2D eigenvalue weighted by Crippen LogP contribution is -2.48. The van der Waals surface area contributed by atoms with Crippen LogP contribution < -0.4 is 0 Å². The van der Waals surface area contributed by atoms with Crippen LogP contribution in [0.2, 0.25) is 0 Å². The number of allylic oxidation sites excluding steroid dienone is 5. The van der Waals surface area contributed by atoms with Gasteiger partial charge in [-0.3, -0.25) is 4.79 Å². The number of piperidine rings is 1. The van der Waals surface area contributed by atoms with E-state index in [0.717, 1.165) is 17.7 Å². The highest BCUT2D eigenvalue weighted by molar-refractivity contribution is 5.76. The summed E-state index contributed by atoms with van der Waals surface area (Å²) in [6, 6.07) is 0. The quantitative estimate of drug-likeness (QED) is 0.673. The molecule has 1 saturated heterocycles. The summed E-state index contributed by atoms with van der Waals surface area (Å²) in [5.74, 6) is -0.667. The summed E-state index contributed by atoms with van der Waals surface area (Å²) in [7, 11) is 0. The zero-order valence-electron chi connectivity index (χ0n) is 15.5. The summed E-state index contributed by atoms with van der Waals surface area (Å²) < 4.78 is 76.4. The molecule has 0 aromatic rings. The minimum absolute atomic E-state index is 0.000762. The number of nitrogens with zero attached hydrogens (tertiary/aromatic N) is 1. The Hall–Kier alpha value is -1.77. The van der Waals surface area contributed by atoms with Crippen LogP contribution in [0.5, 0.6) is 0 Å². The Morgan fingerprint density at radius 2 is 1.75 bits per heavy atom. The molecule has 9 heteroatoms. The first-order chi connectivity index (χ1) is 12.8. The van der Waals surface area contributed by atoms with E-state index in [9.17, 15) is 36.2 Å². The highest BCUT2D eigenvalue weighted by Crippen LogP contribution is 2.39. The predicted octanol–water partition coefficient (Wildman–Crippen LogP) is 4.84. The van der Waals surface area contributed by atoms with Crippen molar-refractivity contribution in [3.05, 3.63) is 34.9 Å². The molecule has 0 spiro atoms. The number of alkyl halides is 6. The molecule has 3 nitrogen and oxygen atoms in total. The molecule has 0 aromatic heterocycles. The van der Waals surface area contributed by atoms with Gasteiger partial charge in [0, 0.05) is 19.5 Å². The van der Waals surface area contributed by atoms with Gasteiger partial charge < -0.3 is 10.0 Å². The van der Waals surface area contributed by atoms with Crippen molar-refractivity contribution in [2.45, 2.75) is 63.4 Å². The monoisotopic (exact) mass is 411 g/mol. The van der Waals surface area contributed by atoms with Gasteiger partial charge in [0.05, 0.1) is 17.6 Å². The average Bonchev–Trinajstić information content (AvgIpc) is 2.83. The van der Waals surface area contributed by atoms with Gasteiger partial charge in [-0.1, -0.05) is 24.6 Å². The van der Waals surface area contributed by atoms with E-state index in [0.29, 0.717) is 6.42 Å². The number of carbonyl (C=O) groups is 1. The van der Waals surface area contributed by atoms with Crippen LogP contribution >= 0.6 is 0 Å². The first-order valence-electron chi connectivity index (χ1n) is 9.09. The van der Waals surface area contributed by atoms with Crippen LogP contribution in [0.25, 0.3) is 0 Å². The third kappa shape index (κ3) is 5.86. The number of likely N-dealkylation sites (tertiary alicyclic amines) is 1. The second-order valence-electron chi connectivity index (χ2n) is 7.17. The first kappa shape index (κ1) is 22.5. The Bertz CT molecular complexity index is 680. The SMILES string of the molecule is CCC1=CC=C(C(F)(F)F)C=C(C2(O)CCN(C(=O)CCC(F)(F)F)CC2)C1. The molecule has 1 aliphatic carbocycles. The van der Waals surface area contributed by atoms with Crippen LogP contribution in [-0.4, -0.2) is 47.0 Å². The molecule has 2 aliphatic rings. The number of carbonyl (C=O) groups excluding carboxylic acids is 1. The topological polar surface area (TPSA) is 40.5 Å². The third-order valence-corrected chi connectivity index (χ3v) is 5.19. The number of aliphatic hydroxyl groups is 1. The van der Waals surface area contributed by atoms with Gasteiger partial charge in [0.25, 0.3) is 0 Å². The molecular formula is C19H23F6NO2. The van der Waals surface area contributed by atoms with Gasteiger partial charge in [-0.25, -0.2) is 0 Å². The largest absolute Gasteiger partial charge is 0.416 e. The van der Waals surface area contributed by atoms with E-state index in [1.165, 1.54) is 11.0 Å². The third-order valence-electron chi connectivity index (χ3n) is 5.19. The lowest BCUT2D eigenvalue weighted by atomic mass is 9.80. The Labute approximate surface area is 159 Å². The molecule has 1 N–H and O–H groups in total. The number of amides is 1. The lowest BCUT2D eigenvalue weighted by molar-refractivity contribution is -0.150. The molecule has 0 bridgehead atoms. The minimum Gasteiger partial charge on any atom is -0.385 e. The van der Waals surface area contributed by atoms with Crippen molar-refractivity contribution in [3.63, 3.8) is 0 Å². The molecule has 0 radical (unpaired) electrons. The zero-order valence-corrected chi connectivity index (χ0v) is 15.5. The number of hydrogen-bond donors (Lipinski definition) is 1. The van der Waals surface area contributed by atoms with Gasteiger partial charge in [0.15, 0.2) is 0 Å². The maximum absolute atomic E-state index is 13.2. The van der Waals surface area contributed by atoms with Crippen molar-refractivity contribution >= 4 is 5.91 Å². The Morgan fingerprint density at radius 3 is 2.25 bits per heavy atom. The van der Waals surface area contributed by atoms with E-state index in [2.05, 4.69) is 0 Å². The van der Waals surface area contributed by atoms with Crippen molar-refractivity contribution in [3.8, 4) is 0 Å². The van der Waals surface area contributed by atoms with Gasteiger partial charge in [-0.05, 0) is 37.3 Å². The molecular weight excluding hydrogens is 388 g/mol. The van der Waals surface area contributed by atoms with Crippen LogP contribution in [0.15, 0.2) is 34.9 Å². The van der Waals surface area contributed by atoms with Gasteiger partial charge in [-0.15, -0.1) is 0 Å². The maximum atomic E-state index is 13.2. The fourth-order valence-corrected chi connectivity index (χ4v) is 3.37. The van der Waals surface area contributed by atoms with Crippen molar-refractivity contribution in [1.82, 2.24) is 4.90 Å². The van der Waals surface area contributed by atoms with E-state index in [1.807, 2.05) is 6.92 Å². The van der Waals surface area contributed by atoms with Gasteiger partial charge in [-0.2, -0.15) is 26.3 Å². The van der Waals surface area contributed by atoms with Crippen molar-refractivity contribution in [2.75, 3.05) is 13.1 Å². The van der Waals surface area contributed by atoms with Gasteiger partial charge in [0.2, 0.25) is 5.91 Å². The van der Waals surface area contributed by atoms with Crippen molar-refractivity contribution in [1.29, 1.82) is 0 Å². The van der Waals surface area contributed by atoms with Gasteiger partial charge >= 0.3 is 12.4 Å². The molecule has 1 amide bonds. The fourth-order valence-electron chi connectivity index (χ4n) is 3.37. The summed E-state index contributed by atoms with van der Waals surface area (Å²) in [5, 5.41) is 11.0. The molecule has 1 fully saturated rings. The second kappa shape index (κ2) is 8.31. The zero-order chi connectivity index (χ0) is 21.2. The van der Waals surface area contributed by atoms with E-state index >= 15 is 0 Å². The molecule has 1 aliphatic heterocycles. The lowest BCUT2D eigenvalue weighted by Gasteiger charge is -2.40. The summed E-state index contributed by atoms with van der Waals surface area (Å²) >= 11 is 0. The molecule has 0 unspecified atom stereocenters. The molecule has 0 saturated carbocycles. The van der Waals surface area contributed by atoms with Crippen LogP contribution in [0, 0.1) is 0 Å². The maximum Gasteiger partial charge on any atom is 0.416 e. The molecule has 0 aromatic carbocycles. The Kier molecular flexibility index (Phi) is 6.68. The number of halogens is 6. The highest BCUT2D eigenvalue weighted by Gasteiger charge is 2.40. The molecule has 2 rings (SSSR count). The predicted molar refractivity (Wildman–Crippen MR) is 91.3 cm³/mol. The van der Waals surface area contributed by atoms with E-state index in [1.54, 1.807) is 0 Å². The smallest absolute Gasteiger partial charge is 0.385 e. The fraction of sp³-hybridized carbons (Fsp3) is 0.632. The van der Waals surface area contributed by atoms with E-state index in [-0.39, 0.29) is 37.9 Å². The second-order valence-corrected chi connectivity index (χ2v) is 7.17. The van der Waals surface area contributed by atoms with E-state index in [4.69, 9.17) is 0 Å². The summed E-state index contributed by atoms with van der Waals surface area (Å²) in [6.45, 7) is 1.81. The average molecular weight is 411 g/mol. The molecule has 28 heavy (non-hydrogen) atoms. The van der Waals surface area contributed by atoms with Crippen LogP contribution in [-0.2, 0) is 4.79 Å². The van der Waals surface area contributed by atoms with Crippen LogP contribution in [0.3, 0.4) is 0 Å². The van der Waals surface area contributed by atoms with Crippen molar-refractivity contribution < 1.29 is 36.2 Å². The molecule has 158 valence electrons. The summed E-state index contributed by atoms with van der Waals surface area (Å²) in [5.41, 5.74) is -1.42. The Morgan fingerprint density at radius 1 is 1.14 bits per heavy atom. The number of rotatable bonds is 4. The number of hydrogen-bond acceptors (Lipinski definition) is 2. The Balaban J connectivity index is 2.11. The van der Waals surface area contributed by atoms with Gasteiger partial charge in [0.1, 0.15) is 0 Å². The van der Waals surface area contributed by atoms with Crippen LogP contribution in [0.4, 0.5) is 26.3 Å². The molecule has 1 heterocycles. The molecule has 0 atom stereocenters. The van der Waals surface area contributed by atoms with Crippen LogP contribution in [0.1, 0.15) is 45.4 Å². The standard InChI is InChI=1S/C19H23F6NO2/c1-2-13-3-4-14(19(23,24)25)12-15(11-13)17(28)7-9-26(10-8-17)16(27)5-6-18(20,21)22/h3-4,12,28H,2,5-11H2,1H3. The van der Waals surface area contributed by atoms with E-state index < -0.39 is 42.3 Å². The minimum atomic E-state index is -4.56. The first-order valence-corrected chi connectivity index (χ1v) is 9.09. The summed E-state index contributed by atoms with van der Waals surface area (Å²) in [4.78, 5) is 13.2. The highest BCUT2D eigenvalue weighted by atomic mass is 19.4. The normalized spacial score (nSPS) is 20.9. The summed E-state index contributed by atoms with van der Waals surface area (Å²) in [6.07, 6.45) is -6.84.